The molecule has 1 aromatic rings. The molecule has 0 bridgehead atoms. The number of nitrogens with one attached hydrogen (secondary N) is 1. The van der Waals surface area contributed by atoms with E-state index in [2.05, 4.69) is 5.32 Å². The molecule has 0 aromatic heterocycles. The Morgan fingerprint density at radius 3 is 2.40 bits per heavy atom. The summed E-state index contributed by atoms with van der Waals surface area (Å²) in [5.74, 6) is -1.45. The van der Waals surface area contributed by atoms with Crippen molar-refractivity contribution in [3.8, 4) is 0 Å². The third-order valence-corrected chi connectivity index (χ3v) is 3.03. The van der Waals surface area contributed by atoms with Crippen LogP contribution in [0.1, 0.15) is 32.3 Å². The van der Waals surface area contributed by atoms with Crippen molar-refractivity contribution in [2.45, 2.75) is 44.7 Å². The number of benzene rings is 1. The van der Waals surface area contributed by atoms with Gasteiger partial charge in [0.25, 0.3) is 0 Å². The van der Waals surface area contributed by atoms with E-state index in [4.69, 9.17) is 5.73 Å². The molecule has 0 heterocycles. The first kappa shape index (κ1) is 16.2. The van der Waals surface area contributed by atoms with Crippen molar-refractivity contribution in [1.29, 1.82) is 0 Å². The lowest BCUT2D eigenvalue weighted by Crippen LogP contribution is -2.51. The molecular weight excluding hydrogens is 256 g/mol. The van der Waals surface area contributed by atoms with Crippen LogP contribution in [0.15, 0.2) is 30.3 Å². The molecule has 0 radical (unpaired) electrons. The fourth-order valence-corrected chi connectivity index (χ4v) is 2.17. The zero-order valence-corrected chi connectivity index (χ0v) is 11.9. The maximum absolute atomic E-state index is 11.2. The molecule has 4 N–H and O–H groups in total. The van der Waals surface area contributed by atoms with Crippen LogP contribution in [0.3, 0.4) is 0 Å². The summed E-state index contributed by atoms with van der Waals surface area (Å²) in [6.07, 6.45) is 0.961. The number of primary amides is 1. The van der Waals surface area contributed by atoms with Crippen LogP contribution in [0.4, 0.5) is 0 Å². The summed E-state index contributed by atoms with van der Waals surface area (Å²) in [4.78, 5) is 22.0. The predicted molar refractivity (Wildman–Crippen MR) is 77.2 cm³/mol. The van der Waals surface area contributed by atoms with Crippen molar-refractivity contribution in [2.24, 2.45) is 5.73 Å². The van der Waals surface area contributed by atoms with Crippen LogP contribution in [-0.4, -0.2) is 28.6 Å². The van der Waals surface area contributed by atoms with E-state index in [0.29, 0.717) is 6.42 Å². The van der Waals surface area contributed by atoms with Gasteiger partial charge < -0.3 is 10.8 Å². The van der Waals surface area contributed by atoms with E-state index in [1.165, 1.54) is 0 Å². The number of carbonyl (C=O) groups excluding carboxylic acids is 1. The van der Waals surface area contributed by atoms with Crippen LogP contribution in [-0.2, 0) is 16.0 Å². The number of hydrogen-bond donors (Lipinski definition) is 3. The van der Waals surface area contributed by atoms with Crippen molar-refractivity contribution in [3.63, 3.8) is 0 Å². The lowest BCUT2D eigenvalue weighted by molar-refractivity contribution is -0.140. The van der Waals surface area contributed by atoms with Crippen molar-refractivity contribution < 1.29 is 14.7 Å². The summed E-state index contributed by atoms with van der Waals surface area (Å²) in [7, 11) is 0. The van der Waals surface area contributed by atoms with Crippen LogP contribution >= 0.6 is 0 Å². The van der Waals surface area contributed by atoms with Gasteiger partial charge in [0.1, 0.15) is 6.04 Å². The number of amides is 1. The van der Waals surface area contributed by atoms with E-state index in [1.807, 2.05) is 44.2 Å². The highest BCUT2D eigenvalue weighted by atomic mass is 16.4. The predicted octanol–water partition coefficient (Wildman–Crippen LogP) is 1.32. The van der Waals surface area contributed by atoms with Gasteiger partial charge in [-0.15, -0.1) is 0 Å². The topological polar surface area (TPSA) is 92.4 Å². The SMILES string of the molecule is CC(C)(Cc1ccccc1)N[C@@H](CCC(N)=O)C(=O)O. The first-order valence-electron chi connectivity index (χ1n) is 6.63. The highest BCUT2D eigenvalue weighted by Gasteiger charge is 2.27. The molecule has 0 spiro atoms. The van der Waals surface area contributed by atoms with Gasteiger partial charge in [0.2, 0.25) is 5.91 Å². The molecule has 1 aromatic carbocycles. The molecule has 0 fully saturated rings. The van der Waals surface area contributed by atoms with Gasteiger partial charge in [-0.1, -0.05) is 30.3 Å². The number of carboxylic acids is 1. The maximum Gasteiger partial charge on any atom is 0.320 e. The molecule has 0 aliphatic rings. The van der Waals surface area contributed by atoms with Crippen LogP contribution in [0.2, 0.25) is 0 Å². The summed E-state index contributed by atoms with van der Waals surface area (Å²) < 4.78 is 0. The zero-order chi connectivity index (χ0) is 15.2. The van der Waals surface area contributed by atoms with Gasteiger partial charge in [0, 0.05) is 12.0 Å². The quantitative estimate of drug-likeness (QED) is 0.668. The van der Waals surface area contributed by atoms with E-state index in [9.17, 15) is 14.7 Å². The lowest BCUT2D eigenvalue weighted by Gasteiger charge is -2.30. The van der Waals surface area contributed by atoms with E-state index >= 15 is 0 Å². The molecule has 5 nitrogen and oxygen atoms in total. The number of aliphatic carboxylic acids is 1. The Labute approximate surface area is 119 Å². The van der Waals surface area contributed by atoms with Crippen LogP contribution in [0, 0.1) is 0 Å². The molecule has 0 aliphatic carbocycles. The summed E-state index contributed by atoms with van der Waals surface area (Å²) in [5.41, 5.74) is 5.81. The second-order valence-corrected chi connectivity index (χ2v) is 5.59. The molecule has 1 amide bonds. The summed E-state index contributed by atoms with van der Waals surface area (Å²) in [6, 6.07) is 9.07. The molecule has 110 valence electrons. The second kappa shape index (κ2) is 7.05. The minimum absolute atomic E-state index is 0.0609. The van der Waals surface area contributed by atoms with Gasteiger partial charge in [0.15, 0.2) is 0 Å². The normalized spacial score (nSPS) is 12.9. The Balaban J connectivity index is 2.65. The Morgan fingerprint density at radius 1 is 1.30 bits per heavy atom. The number of carbonyl (C=O) groups is 2. The van der Waals surface area contributed by atoms with Gasteiger partial charge in [-0.25, -0.2) is 0 Å². The van der Waals surface area contributed by atoms with Crippen molar-refractivity contribution in [1.82, 2.24) is 5.32 Å². The Kier molecular flexibility index (Phi) is 5.70. The van der Waals surface area contributed by atoms with E-state index in [-0.39, 0.29) is 18.4 Å². The van der Waals surface area contributed by atoms with E-state index < -0.39 is 17.9 Å². The monoisotopic (exact) mass is 278 g/mol. The Bertz CT molecular complexity index is 457. The molecule has 1 rings (SSSR count). The average Bonchev–Trinajstić information content (AvgIpc) is 2.34. The summed E-state index contributed by atoms with van der Waals surface area (Å²) >= 11 is 0. The molecule has 20 heavy (non-hydrogen) atoms. The first-order valence-corrected chi connectivity index (χ1v) is 6.63. The smallest absolute Gasteiger partial charge is 0.320 e. The summed E-state index contributed by atoms with van der Waals surface area (Å²) in [6.45, 7) is 3.89. The average molecular weight is 278 g/mol. The molecule has 0 saturated carbocycles. The standard InChI is InChI=1S/C15H22N2O3/c1-15(2,10-11-6-4-3-5-7-11)17-12(14(19)20)8-9-13(16)18/h3-7,12,17H,8-10H2,1-2H3,(H2,16,18)(H,19,20)/t12-/m0/s1. The van der Waals surface area contributed by atoms with Gasteiger partial charge in [-0.3, -0.25) is 14.9 Å². The number of rotatable bonds is 8. The molecule has 0 unspecified atom stereocenters. The minimum atomic E-state index is -0.965. The highest BCUT2D eigenvalue weighted by molar-refractivity contribution is 5.77. The first-order chi connectivity index (χ1) is 9.30. The fraction of sp³-hybridized carbons (Fsp3) is 0.467. The van der Waals surface area contributed by atoms with Gasteiger partial charge in [0.05, 0.1) is 0 Å². The molecule has 0 saturated heterocycles. The van der Waals surface area contributed by atoms with Crippen LogP contribution < -0.4 is 11.1 Å². The molecule has 5 heteroatoms. The van der Waals surface area contributed by atoms with Gasteiger partial charge >= 0.3 is 5.97 Å². The van der Waals surface area contributed by atoms with Gasteiger partial charge in [-0.2, -0.15) is 0 Å². The van der Waals surface area contributed by atoms with E-state index in [0.717, 1.165) is 5.56 Å². The fourth-order valence-electron chi connectivity index (χ4n) is 2.17. The number of carboxylic acid groups (broad SMARTS) is 1. The minimum Gasteiger partial charge on any atom is -0.480 e. The molecule has 0 aliphatic heterocycles. The maximum atomic E-state index is 11.2. The highest BCUT2D eigenvalue weighted by Crippen LogP contribution is 2.14. The van der Waals surface area contributed by atoms with Crippen molar-refractivity contribution in [3.05, 3.63) is 35.9 Å². The second-order valence-electron chi connectivity index (χ2n) is 5.59. The molecule has 1 atom stereocenters. The van der Waals surface area contributed by atoms with Gasteiger partial charge in [-0.05, 0) is 32.3 Å². The lowest BCUT2D eigenvalue weighted by atomic mass is 9.93. The van der Waals surface area contributed by atoms with Crippen LogP contribution in [0.25, 0.3) is 0 Å². The third kappa shape index (κ3) is 5.84. The van der Waals surface area contributed by atoms with Crippen LogP contribution in [0.5, 0.6) is 0 Å². The zero-order valence-electron chi connectivity index (χ0n) is 11.9. The summed E-state index contributed by atoms with van der Waals surface area (Å²) in [5, 5.41) is 12.3. The third-order valence-electron chi connectivity index (χ3n) is 3.03. The largest absolute Gasteiger partial charge is 0.480 e. The Morgan fingerprint density at radius 2 is 1.90 bits per heavy atom. The van der Waals surface area contributed by atoms with Crippen molar-refractivity contribution in [2.75, 3.05) is 0 Å². The van der Waals surface area contributed by atoms with Crippen molar-refractivity contribution >= 4 is 11.9 Å². The number of hydrogen-bond acceptors (Lipinski definition) is 3. The Hall–Kier alpha value is -1.88. The molecular formula is C15H22N2O3. The van der Waals surface area contributed by atoms with E-state index in [1.54, 1.807) is 0 Å². The number of nitrogens with two attached hydrogens (primary N) is 1.